The molecular formula is C26H29Cl4N3O5S. The van der Waals surface area contributed by atoms with E-state index in [0.717, 1.165) is 5.56 Å². The van der Waals surface area contributed by atoms with E-state index in [2.05, 4.69) is 4.90 Å². The van der Waals surface area contributed by atoms with Crippen LogP contribution in [0, 0.1) is 0 Å². The predicted molar refractivity (Wildman–Crippen MR) is 153 cm³/mol. The second-order valence-electron chi connectivity index (χ2n) is 9.87. The molecule has 2 saturated heterocycles. The van der Waals surface area contributed by atoms with Crippen LogP contribution >= 0.6 is 46.4 Å². The number of esters is 1. The summed E-state index contributed by atoms with van der Waals surface area (Å²) in [7, 11) is -3.42. The average molecular weight is 637 g/mol. The third-order valence-electron chi connectivity index (χ3n) is 6.90. The van der Waals surface area contributed by atoms with Gasteiger partial charge in [0.25, 0.3) is 0 Å². The van der Waals surface area contributed by atoms with Gasteiger partial charge < -0.3 is 9.64 Å². The van der Waals surface area contributed by atoms with Crippen molar-refractivity contribution in [2.75, 3.05) is 45.5 Å². The zero-order valence-electron chi connectivity index (χ0n) is 21.3. The number of rotatable bonds is 8. The molecule has 1 amide bonds. The van der Waals surface area contributed by atoms with Gasteiger partial charge in [-0.2, -0.15) is 4.31 Å². The molecule has 0 aliphatic carbocycles. The van der Waals surface area contributed by atoms with Crippen molar-refractivity contribution in [3.05, 3.63) is 67.6 Å². The summed E-state index contributed by atoms with van der Waals surface area (Å²) in [6.45, 7) is 2.33. The van der Waals surface area contributed by atoms with Crippen LogP contribution in [0.5, 0.6) is 0 Å². The Hall–Kier alpha value is -1.59. The molecule has 0 bridgehead atoms. The molecule has 0 radical (unpaired) electrons. The number of carbonyl (C=O) groups is 2. The van der Waals surface area contributed by atoms with Crippen LogP contribution in [0.15, 0.2) is 36.4 Å². The molecule has 0 N–H and O–H groups in total. The molecule has 4 rings (SSSR count). The van der Waals surface area contributed by atoms with E-state index in [9.17, 15) is 18.0 Å². The lowest BCUT2D eigenvalue weighted by molar-refractivity contribution is -0.147. The largest absolute Gasteiger partial charge is 0.461 e. The maximum atomic E-state index is 13.3. The molecule has 8 nitrogen and oxygen atoms in total. The number of nitrogens with zero attached hydrogens (tertiary/aromatic N) is 3. The molecule has 13 heteroatoms. The highest BCUT2D eigenvalue weighted by molar-refractivity contribution is 7.88. The SMILES string of the molecule is CS(=O)(=O)N1CCN(C(=O)Cc2ccc(Cl)c(Cl)c2)C(CN2CCC(OC(=O)Cc3ccc(Cl)c(Cl)c3)C2)C1. The van der Waals surface area contributed by atoms with Gasteiger partial charge in [-0.3, -0.25) is 14.5 Å². The number of ether oxygens (including phenoxy) is 1. The van der Waals surface area contributed by atoms with Crippen molar-refractivity contribution in [3.63, 3.8) is 0 Å². The number of hydrogen-bond acceptors (Lipinski definition) is 6. The molecule has 2 aliphatic heterocycles. The first-order valence-corrected chi connectivity index (χ1v) is 15.8. The normalized spacial score (nSPS) is 20.8. The van der Waals surface area contributed by atoms with Crippen molar-refractivity contribution < 1.29 is 22.7 Å². The molecule has 2 fully saturated rings. The number of hydrogen-bond donors (Lipinski definition) is 0. The predicted octanol–water partition coefficient (Wildman–Crippen LogP) is 4.18. The standard InChI is InChI=1S/C26H29Cl4N3O5S/c1-39(36,37)32-8-9-33(25(34)12-17-2-4-21(27)23(29)10-17)19(15-32)14-31-7-6-20(16-31)38-26(35)13-18-3-5-22(28)24(30)11-18/h2-5,10-11,19-20H,6-9,12-16H2,1H3. The number of amides is 1. The molecule has 2 aliphatic rings. The van der Waals surface area contributed by atoms with Gasteiger partial charge in [0.15, 0.2) is 0 Å². The molecule has 2 atom stereocenters. The van der Waals surface area contributed by atoms with Crippen molar-refractivity contribution in [3.8, 4) is 0 Å². The Bertz CT molecular complexity index is 1340. The highest BCUT2D eigenvalue weighted by Gasteiger charge is 2.36. The van der Waals surface area contributed by atoms with Gasteiger partial charge in [0.2, 0.25) is 15.9 Å². The fourth-order valence-electron chi connectivity index (χ4n) is 4.94. The molecule has 2 aromatic carbocycles. The number of likely N-dealkylation sites (tertiary alicyclic amines) is 1. The quantitative estimate of drug-likeness (QED) is 0.404. The number of carbonyl (C=O) groups excluding carboxylic acids is 2. The van der Waals surface area contributed by atoms with Gasteiger partial charge >= 0.3 is 5.97 Å². The minimum atomic E-state index is -3.42. The Morgan fingerprint density at radius 2 is 1.49 bits per heavy atom. The fourth-order valence-corrected chi connectivity index (χ4v) is 6.44. The lowest BCUT2D eigenvalue weighted by atomic mass is 10.1. The summed E-state index contributed by atoms with van der Waals surface area (Å²) in [5.74, 6) is -0.477. The van der Waals surface area contributed by atoms with E-state index >= 15 is 0 Å². The van der Waals surface area contributed by atoms with Crippen LogP contribution in [0.4, 0.5) is 0 Å². The summed E-state index contributed by atoms with van der Waals surface area (Å²) in [6.07, 6.45) is 1.73. The summed E-state index contributed by atoms with van der Waals surface area (Å²) in [5, 5.41) is 1.58. The monoisotopic (exact) mass is 635 g/mol. The Balaban J connectivity index is 1.37. The van der Waals surface area contributed by atoms with Crippen molar-refractivity contribution >= 4 is 68.3 Å². The Morgan fingerprint density at radius 3 is 2.08 bits per heavy atom. The van der Waals surface area contributed by atoms with Gasteiger partial charge in [-0.15, -0.1) is 0 Å². The first kappa shape index (κ1) is 30.4. The van der Waals surface area contributed by atoms with Gasteiger partial charge in [0.1, 0.15) is 6.10 Å². The van der Waals surface area contributed by atoms with Crippen LogP contribution in [0.2, 0.25) is 20.1 Å². The number of piperazine rings is 1. The van der Waals surface area contributed by atoms with Crippen molar-refractivity contribution in [1.82, 2.24) is 14.1 Å². The zero-order valence-corrected chi connectivity index (χ0v) is 25.1. The first-order chi connectivity index (χ1) is 18.4. The average Bonchev–Trinajstić information content (AvgIpc) is 3.29. The van der Waals surface area contributed by atoms with Gasteiger partial charge in [-0.25, -0.2) is 8.42 Å². The topological polar surface area (TPSA) is 87.2 Å². The lowest BCUT2D eigenvalue weighted by Crippen LogP contribution is -2.59. The number of sulfonamides is 1. The first-order valence-electron chi connectivity index (χ1n) is 12.4. The van der Waals surface area contributed by atoms with E-state index in [-0.39, 0.29) is 56.5 Å². The van der Waals surface area contributed by atoms with E-state index < -0.39 is 10.0 Å². The highest BCUT2D eigenvalue weighted by atomic mass is 35.5. The van der Waals surface area contributed by atoms with Crippen molar-refractivity contribution in [2.24, 2.45) is 0 Å². The lowest BCUT2D eigenvalue weighted by Gasteiger charge is -2.42. The number of halogens is 4. The molecule has 0 aromatic heterocycles. The Kier molecular flexibility index (Phi) is 10.1. The van der Waals surface area contributed by atoms with E-state index in [1.54, 1.807) is 41.3 Å². The summed E-state index contributed by atoms with van der Waals surface area (Å²) in [6, 6.07) is 9.74. The van der Waals surface area contributed by atoms with Crippen LogP contribution in [-0.2, 0) is 37.2 Å². The van der Waals surface area contributed by atoms with E-state index in [4.69, 9.17) is 51.1 Å². The fraction of sp³-hybridized carbons (Fsp3) is 0.462. The maximum Gasteiger partial charge on any atom is 0.310 e. The molecule has 2 aromatic rings. The smallest absolute Gasteiger partial charge is 0.310 e. The van der Waals surface area contributed by atoms with Crippen molar-refractivity contribution in [1.29, 1.82) is 0 Å². The summed E-state index contributed by atoms with van der Waals surface area (Å²) in [4.78, 5) is 29.7. The van der Waals surface area contributed by atoms with Gasteiger partial charge in [-0.1, -0.05) is 58.5 Å². The minimum Gasteiger partial charge on any atom is -0.461 e. The Labute approximate surface area is 248 Å². The molecule has 0 spiro atoms. The summed E-state index contributed by atoms with van der Waals surface area (Å²) in [5.41, 5.74) is 1.44. The number of benzene rings is 2. The molecule has 212 valence electrons. The van der Waals surface area contributed by atoms with E-state index in [1.807, 2.05) is 0 Å². The third-order valence-corrected chi connectivity index (χ3v) is 9.65. The van der Waals surface area contributed by atoms with Crippen LogP contribution in [0.25, 0.3) is 0 Å². The minimum absolute atomic E-state index is 0.0797. The molecular weight excluding hydrogens is 608 g/mol. The summed E-state index contributed by atoms with van der Waals surface area (Å²) >= 11 is 24.1. The Morgan fingerprint density at radius 1 is 0.872 bits per heavy atom. The summed E-state index contributed by atoms with van der Waals surface area (Å²) < 4.78 is 31.7. The highest BCUT2D eigenvalue weighted by Crippen LogP contribution is 2.25. The molecule has 2 heterocycles. The van der Waals surface area contributed by atoms with Crippen LogP contribution in [0.3, 0.4) is 0 Å². The second kappa shape index (κ2) is 12.9. The maximum absolute atomic E-state index is 13.3. The molecule has 39 heavy (non-hydrogen) atoms. The van der Waals surface area contributed by atoms with Crippen LogP contribution in [0.1, 0.15) is 17.5 Å². The van der Waals surface area contributed by atoms with Crippen LogP contribution in [-0.4, -0.2) is 92.1 Å². The van der Waals surface area contributed by atoms with E-state index in [0.29, 0.717) is 51.7 Å². The van der Waals surface area contributed by atoms with E-state index in [1.165, 1.54) is 10.6 Å². The van der Waals surface area contributed by atoms with Gasteiger partial charge in [0.05, 0.1) is 45.2 Å². The van der Waals surface area contributed by atoms with Crippen LogP contribution < -0.4 is 0 Å². The van der Waals surface area contributed by atoms with Gasteiger partial charge in [0, 0.05) is 39.3 Å². The third kappa shape index (κ3) is 8.22. The van der Waals surface area contributed by atoms with Gasteiger partial charge in [-0.05, 0) is 41.8 Å². The zero-order chi connectivity index (χ0) is 28.3. The molecule has 0 saturated carbocycles. The van der Waals surface area contributed by atoms with Crippen molar-refractivity contribution in [2.45, 2.75) is 31.4 Å². The second-order valence-corrected chi connectivity index (χ2v) is 13.5. The molecule has 2 unspecified atom stereocenters.